The normalized spacial score (nSPS) is 10.4. The van der Waals surface area contributed by atoms with E-state index in [9.17, 15) is 9.59 Å². The van der Waals surface area contributed by atoms with Gasteiger partial charge in [0.2, 0.25) is 0 Å². The van der Waals surface area contributed by atoms with E-state index in [4.69, 9.17) is 23.7 Å². The number of rotatable bonds is 10. The lowest BCUT2D eigenvalue weighted by Crippen LogP contribution is -2.24. The molecule has 0 aromatic heterocycles. The average Bonchev–Trinajstić information content (AvgIpc) is 2.88. The first-order chi connectivity index (χ1) is 16.5. The van der Waals surface area contributed by atoms with E-state index in [0.717, 1.165) is 0 Å². The number of esters is 1. The summed E-state index contributed by atoms with van der Waals surface area (Å²) in [4.78, 5) is 24.3. The summed E-state index contributed by atoms with van der Waals surface area (Å²) in [5.41, 5.74) is 3.37. The molecule has 0 unspecified atom stereocenters. The average molecular weight is 464 g/mol. The fraction of sp³-hybridized carbons (Fsp3) is 0.160. The molecule has 0 spiro atoms. The minimum absolute atomic E-state index is 0.201. The van der Waals surface area contributed by atoms with E-state index >= 15 is 0 Å². The Morgan fingerprint density at radius 3 is 2.03 bits per heavy atom. The van der Waals surface area contributed by atoms with Crippen LogP contribution in [-0.4, -0.2) is 46.0 Å². The fourth-order valence-electron chi connectivity index (χ4n) is 2.77. The summed E-state index contributed by atoms with van der Waals surface area (Å²) in [6.07, 6.45) is 1.43. The molecule has 0 heterocycles. The maximum Gasteiger partial charge on any atom is 0.343 e. The van der Waals surface area contributed by atoms with Crippen LogP contribution in [0.4, 0.5) is 0 Å². The Balaban J connectivity index is 1.54. The number of ether oxygens (including phenoxy) is 5. The van der Waals surface area contributed by atoms with Crippen molar-refractivity contribution in [3.63, 3.8) is 0 Å². The molecule has 0 atom stereocenters. The second kappa shape index (κ2) is 11.9. The van der Waals surface area contributed by atoms with Crippen LogP contribution in [0.2, 0.25) is 0 Å². The minimum Gasteiger partial charge on any atom is -0.497 e. The molecule has 0 radical (unpaired) electrons. The number of nitrogens with zero attached hydrogens (tertiary/aromatic N) is 1. The van der Waals surface area contributed by atoms with Crippen molar-refractivity contribution in [2.75, 3.05) is 27.9 Å². The first-order valence-electron chi connectivity index (χ1n) is 10.2. The standard InChI is InChI=1S/C25H24N2O7/c1-30-19-7-5-18(6-8-19)25(29)34-22-13-4-17(14-23(22)32-3)15-26-27-24(28)16-33-21-11-9-20(31-2)10-12-21/h4-15H,16H2,1-3H3,(H,27,28). The van der Waals surface area contributed by atoms with Crippen molar-refractivity contribution < 1.29 is 33.3 Å². The lowest BCUT2D eigenvalue weighted by Gasteiger charge is -2.10. The zero-order valence-electron chi connectivity index (χ0n) is 18.9. The van der Waals surface area contributed by atoms with Gasteiger partial charge >= 0.3 is 5.97 Å². The lowest BCUT2D eigenvalue weighted by molar-refractivity contribution is -0.123. The molecule has 0 saturated heterocycles. The minimum atomic E-state index is -0.536. The van der Waals surface area contributed by atoms with Crippen LogP contribution in [0.5, 0.6) is 28.7 Å². The van der Waals surface area contributed by atoms with Gasteiger partial charge in [-0.05, 0) is 72.3 Å². The predicted octanol–water partition coefficient (Wildman–Crippen LogP) is 3.46. The van der Waals surface area contributed by atoms with E-state index in [0.29, 0.717) is 34.1 Å². The molecule has 1 amide bonds. The second-order valence-electron chi connectivity index (χ2n) is 6.79. The second-order valence-corrected chi connectivity index (χ2v) is 6.79. The third-order valence-electron chi connectivity index (χ3n) is 4.55. The molecule has 3 aromatic rings. The van der Waals surface area contributed by atoms with Gasteiger partial charge in [0.1, 0.15) is 17.2 Å². The number of hydrogen-bond donors (Lipinski definition) is 1. The number of amides is 1. The van der Waals surface area contributed by atoms with Crippen molar-refractivity contribution in [2.24, 2.45) is 5.10 Å². The third-order valence-corrected chi connectivity index (χ3v) is 4.55. The highest BCUT2D eigenvalue weighted by molar-refractivity contribution is 5.92. The zero-order chi connectivity index (χ0) is 24.3. The third kappa shape index (κ3) is 6.73. The molecule has 9 heteroatoms. The largest absolute Gasteiger partial charge is 0.497 e. The molecular weight excluding hydrogens is 440 g/mol. The van der Waals surface area contributed by atoms with Crippen LogP contribution in [0.1, 0.15) is 15.9 Å². The van der Waals surface area contributed by atoms with Crippen LogP contribution in [0.15, 0.2) is 71.8 Å². The van der Waals surface area contributed by atoms with E-state index < -0.39 is 11.9 Å². The van der Waals surface area contributed by atoms with Crippen molar-refractivity contribution in [2.45, 2.75) is 0 Å². The van der Waals surface area contributed by atoms with Crippen LogP contribution in [-0.2, 0) is 4.79 Å². The molecule has 0 fully saturated rings. The summed E-state index contributed by atoms with van der Waals surface area (Å²) in [6, 6.07) is 18.3. The van der Waals surface area contributed by atoms with Gasteiger partial charge in [-0.3, -0.25) is 4.79 Å². The van der Waals surface area contributed by atoms with Crippen LogP contribution >= 0.6 is 0 Å². The Kier molecular flexibility index (Phi) is 8.45. The molecule has 1 N–H and O–H groups in total. The van der Waals surface area contributed by atoms with E-state index in [2.05, 4.69) is 10.5 Å². The summed E-state index contributed by atoms with van der Waals surface area (Å²) < 4.78 is 26.3. The molecular formula is C25H24N2O7. The fourth-order valence-corrected chi connectivity index (χ4v) is 2.77. The summed E-state index contributed by atoms with van der Waals surface area (Å²) in [7, 11) is 4.57. The molecule has 0 aliphatic heterocycles. The SMILES string of the molecule is COc1ccc(OCC(=O)NN=Cc2ccc(OC(=O)c3ccc(OC)cc3)c(OC)c2)cc1. The zero-order valence-corrected chi connectivity index (χ0v) is 18.9. The van der Waals surface area contributed by atoms with Gasteiger partial charge in [-0.2, -0.15) is 5.10 Å². The van der Waals surface area contributed by atoms with E-state index in [1.807, 2.05) is 0 Å². The molecule has 0 saturated carbocycles. The van der Waals surface area contributed by atoms with Crippen molar-refractivity contribution >= 4 is 18.1 Å². The number of carbonyl (C=O) groups is 2. The number of hydrogen-bond acceptors (Lipinski definition) is 8. The number of methoxy groups -OCH3 is 3. The maximum absolute atomic E-state index is 12.4. The molecule has 3 rings (SSSR count). The van der Waals surface area contributed by atoms with E-state index in [-0.39, 0.29) is 12.4 Å². The smallest absolute Gasteiger partial charge is 0.343 e. The summed E-state index contributed by atoms with van der Waals surface area (Å²) in [5, 5.41) is 3.91. The van der Waals surface area contributed by atoms with Crippen LogP contribution in [0, 0.1) is 0 Å². The highest BCUT2D eigenvalue weighted by Gasteiger charge is 2.13. The van der Waals surface area contributed by atoms with Gasteiger partial charge in [-0.1, -0.05) is 0 Å². The molecule has 0 aliphatic carbocycles. The van der Waals surface area contributed by atoms with E-state index in [1.165, 1.54) is 13.3 Å². The van der Waals surface area contributed by atoms with Crippen molar-refractivity contribution in [1.82, 2.24) is 5.43 Å². The Hall–Kier alpha value is -4.53. The van der Waals surface area contributed by atoms with Gasteiger partial charge in [0, 0.05) is 0 Å². The molecule has 0 aliphatic rings. The van der Waals surface area contributed by atoms with Gasteiger partial charge in [0.25, 0.3) is 5.91 Å². The lowest BCUT2D eigenvalue weighted by atomic mass is 10.2. The van der Waals surface area contributed by atoms with Gasteiger partial charge in [-0.25, -0.2) is 10.2 Å². The number of nitrogens with one attached hydrogen (secondary N) is 1. The molecule has 176 valence electrons. The Labute approximate surface area is 196 Å². The van der Waals surface area contributed by atoms with Crippen molar-refractivity contribution in [1.29, 1.82) is 0 Å². The monoisotopic (exact) mass is 464 g/mol. The van der Waals surface area contributed by atoms with Gasteiger partial charge < -0.3 is 23.7 Å². The number of hydrazone groups is 1. The number of benzene rings is 3. The highest BCUT2D eigenvalue weighted by atomic mass is 16.6. The number of carbonyl (C=O) groups excluding carboxylic acids is 2. The van der Waals surface area contributed by atoms with Gasteiger partial charge in [0.15, 0.2) is 18.1 Å². The predicted molar refractivity (Wildman–Crippen MR) is 125 cm³/mol. The van der Waals surface area contributed by atoms with Crippen molar-refractivity contribution in [3.05, 3.63) is 77.9 Å². The van der Waals surface area contributed by atoms with Crippen LogP contribution in [0.3, 0.4) is 0 Å². The first kappa shape index (κ1) is 24.1. The maximum atomic E-state index is 12.4. The van der Waals surface area contributed by atoms with Gasteiger partial charge in [0.05, 0.1) is 33.1 Å². The molecule has 0 bridgehead atoms. The topological polar surface area (TPSA) is 105 Å². The Bertz CT molecular complexity index is 1140. The Morgan fingerprint density at radius 2 is 1.41 bits per heavy atom. The molecule has 9 nitrogen and oxygen atoms in total. The molecule has 3 aromatic carbocycles. The van der Waals surface area contributed by atoms with E-state index in [1.54, 1.807) is 80.9 Å². The molecule has 34 heavy (non-hydrogen) atoms. The summed E-state index contributed by atoms with van der Waals surface area (Å²) in [5.74, 6) is 1.48. The quantitative estimate of drug-likeness (QED) is 0.212. The summed E-state index contributed by atoms with van der Waals surface area (Å²) >= 11 is 0. The Morgan fingerprint density at radius 1 is 0.794 bits per heavy atom. The summed E-state index contributed by atoms with van der Waals surface area (Å²) in [6.45, 7) is -0.201. The van der Waals surface area contributed by atoms with Gasteiger partial charge in [-0.15, -0.1) is 0 Å². The van der Waals surface area contributed by atoms with Crippen LogP contribution in [0.25, 0.3) is 0 Å². The highest BCUT2D eigenvalue weighted by Crippen LogP contribution is 2.28. The first-order valence-corrected chi connectivity index (χ1v) is 10.2. The van der Waals surface area contributed by atoms with Crippen LogP contribution < -0.4 is 29.1 Å². The van der Waals surface area contributed by atoms with Crippen molar-refractivity contribution in [3.8, 4) is 28.7 Å².